The first kappa shape index (κ1) is 9.16. The third-order valence-corrected chi connectivity index (χ3v) is 3.63. The second kappa shape index (κ2) is 2.95. The summed E-state index contributed by atoms with van der Waals surface area (Å²) in [4.78, 5) is 11.7. The van der Waals surface area contributed by atoms with Crippen LogP contribution in [0.2, 0.25) is 0 Å². The fourth-order valence-corrected chi connectivity index (χ4v) is 2.80. The topological polar surface area (TPSA) is 22.0 Å². The number of aryl methyl sites for hydroxylation is 2. The van der Waals surface area contributed by atoms with Crippen LogP contribution in [0, 0.1) is 0 Å². The van der Waals surface area contributed by atoms with Crippen LogP contribution in [0.4, 0.5) is 0 Å². The number of carbonyl (C=O) groups is 1. The van der Waals surface area contributed by atoms with Crippen LogP contribution in [-0.4, -0.2) is 10.4 Å². The molecule has 1 aliphatic rings. The Kier molecular flexibility index (Phi) is 1.80. The highest BCUT2D eigenvalue weighted by Crippen LogP contribution is 2.33. The Balaban J connectivity index is 2.47. The van der Waals surface area contributed by atoms with Gasteiger partial charge < -0.3 is 4.57 Å². The molecule has 0 saturated heterocycles. The zero-order chi connectivity index (χ0) is 10.6. The standard InChI is InChI=1S/C12H10BrNO/c1-14-10-6-7(13)2-3-8(10)9-4-5-11(15)12(9)14/h2-3,6H,4-5H2,1H3. The second-order valence-corrected chi connectivity index (χ2v) is 4.89. The lowest BCUT2D eigenvalue weighted by Crippen LogP contribution is -2.00. The number of rotatable bonds is 0. The van der Waals surface area contributed by atoms with E-state index in [1.165, 1.54) is 10.9 Å². The van der Waals surface area contributed by atoms with Crippen molar-refractivity contribution in [3.63, 3.8) is 0 Å². The number of halogens is 1. The van der Waals surface area contributed by atoms with Crippen LogP contribution in [0.25, 0.3) is 10.9 Å². The fraction of sp³-hybridized carbons (Fsp3) is 0.250. The van der Waals surface area contributed by atoms with Gasteiger partial charge in [-0.1, -0.05) is 22.0 Å². The summed E-state index contributed by atoms with van der Waals surface area (Å²) in [6.45, 7) is 0. The quantitative estimate of drug-likeness (QED) is 0.716. The van der Waals surface area contributed by atoms with E-state index in [0.717, 1.165) is 22.1 Å². The molecule has 2 aromatic rings. The van der Waals surface area contributed by atoms with Crippen molar-refractivity contribution in [1.29, 1.82) is 0 Å². The molecule has 0 aliphatic heterocycles. The van der Waals surface area contributed by atoms with Crippen molar-refractivity contribution in [1.82, 2.24) is 4.57 Å². The molecule has 3 heteroatoms. The summed E-state index contributed by atoms with van der Waals surface area (Å²) < 4.78 is 3.08. The van der Waals surface area contributed by atoms with Gasteiger partial charge in [0.2, 0.25) is 0 Å². The molecule has 0 bridgehead atoms. The molecule has 0 N–H and O–H groups in total. The lowest BCUT2D eigenvalue weighted by Gasteiger charge is -2.00. The summed E-state index contributed by atoms with van der Waals surface area (Å²) in [5.41, 5.74) is 3.27. The number of hydrogen-bond donors (Lipinski definition) is 0. The molecule has 0 spiro atoms. The zero-order valence-corrected chi connectivity index (χ0v) is 9.97. The smallest absolute Gasteiger partial charge is 0.179 e. The molecule has 1 aromatic carbocycles. The number of fused-ring (bicyclic) bond motifs is 3. The lowest BCUT2D eigenvalue weighted by molar-refractivity contribution is 0.0987. The Labute approximate surface area is 96.0 Å². The number of benzene rings is 1. The summed E-state index contributed by atoms with van der Waals surface area (Å²) in [5.74, 6) is 0.278. The summed E-state index contributed by atoms with van der Waals surface area (Å²) >= 11 is 3.46. The van der Waals surface area contributed by atoms with Crippen LogP contribution in [-0.2, 0) is 13.5 Å². The minimum atomic E-state index is 0.278. The number of hydrogen-bond acceptors (Lipinski definition) is 1. The summed E-state index contributed by atoms with van der Waals surface area (Å²) in [5, 5.41) is 1.22. The summed E-state index contributed by atoms with van der Waals surface area (Å²) in [6.07, 6.45) is 1.57. The van der Waals surface area contributed by atoms with Crippen LogP contribution in [0.3, 0.4) is 0 Å². The van der Waals surface area contributed by atoms with Gasteiger partial charge in [-0.05, 0) is 24.1 Å². The molecule has 0 fully saturated rings. The zero-order valence-electron chi connectivity index (χ0n) is 8.38. The Hall–Kier alpha value is -1.09. The highest BCUT2D eigenvalue weighted by molar-refractivity contribution is 9.10. The van der Waals surface area contributed by atoms with Gasteiger partial charge in [-0.15, -0.1) is 0 Å². The van der Waals surface area contributed by atoms with Crippen molar-refractivity contribution >= 4 is 32.6 Å². The maximum atomic E-state index is 11.7. The molecule has 0 saturated carbocycles. The molecule has 0 radical (unpaired) electrons. The van der Waals surface area contributed by atoms with Crippen LogP contribution < -0.4 is 0 Å². The van der Waals surface area contributed by atoms with Crippen LogP contribution in [0.1, 0.15) is 22.5 Å². The maximum absolute atomic E-state index is 11.7. The Bertz CT molecular complexity index is 583. The number of nitrogens with zero attached hydrogens (tertiary/aromatic N) is 1. The number of ketones is 1. The van der Waals surface area contributed by atoms with E-state index in [4.69, 9.17) is 0 Å². The van der Waals surface area contributed by atoms with Crippen molar-refractivity contribution in [2.24, 2.45) is 7.05 Å². The van der Waals surface area contributed by atoms with E-state index in [2.05, 4.69) is 28.1 Å². The van der Waals surface area contributed by atoms with Gasteiger partial charge in [0.05, 0.1) is 5.69 Å². The Morgan fingerprint density at radius 3 is 2.93 bits per heavy atom. The van der Waals surface area contributed by atoms with Gasteiger partial charge in [0.25, 0.3) is 0 Å². The molecule has 0 unspecified atom stereocenters. The third kappa shape index (κ3) is 1.13. The number of carbonyl (C=O) groups excluding carboxylic acids is 1. The van der Waals surface area contributed by atoms with Gasteiger partial charge in [0.15, 0.2) is 5.78 Å². The SMILES string of the molecule is Cn1c2c(c3ccc(Br)cc31)CCC2=O. The van der Waals surface area contributed by atoms with E-state index in [1.807, 2.05) is 17.7 Å². The number of Topliss-reactive ketones (excluding diaryl/α,β-unsaturated/α-hetero) is 1. The summed E-state index contributed by atoms with van der Waals surface area (Å²) in [7, 11) is 1.97. The fourth-order valence-electron chi connectivity index (χ4n) is 2.45. The van der Waals surface area contributed by atoms with Crippen molar-refractivity contribution in [3.05, 3.63) is 33.9 Å². The van der Waals surface area contributed by atoms with Crippen molar-refractivity contribution < 1.29 is 4.79 Å². The molecule has 1 heterocycles. The summed E-state index contributed by atoms with van der Waals surface area (Å²) in [6, 6.07) is 6.20. The van der Waals surface area contributed by atoms with Gasteiger partial charge in [0, 0.05) is 28.8 Å². The van der Waals surface area contributed by atoms with Gasteiger partial charge in [-0.3, -0.25) is 4.79 Å². The average Bonchev–Trinajstić information content (AvgIpc) is 2.70. The molecule has 1 aliphatic carbocycles. The highest BCUT2D eigenvalue weighted by Gasteiger charge is 2.26. The highest BCUT2D eigenvalue weighted by atomic mass is 79.9. The lowest BCUT2D eigenvalue weighted by atomic mass is 10.1. The molecule has 15 heavy (non-hydrogen) atoms. The molecular formula is C12H10BrNO. The maximum Gasteiger partial charge on any atom is 0.179 e. The van der Waals surface area contributed by atoms with Gasteiger partial charge in [0.1, 0.15) is 0 Å². The van der Waals surface area contributed by atoms with Crippen molar-refractivity contribution in [3.8, 4) is 0 Å². The van der Waals surface area contributed by atoms with Crippen molar-refractivity contribution in [2.45, 2.75) is 12.8 Å². The second-order valence-electron chi connectivity index (χ2n) is 3.97. The van der Waals surface area contributed by atoms with Gasteiger partial charge in [-0.25, -0.2) is 0 Å². The molecule has 1 aromatic heterocycles. The monoisotopic (exact) mass is 263 g/mol. The first-order valence-electron chi connectivity index (χ1n) is 4.98. The van der Waals surface area contributed by atoms with Crippen LogP contribution >= 0.6 is 15.9 Å². The first-order chi connectivity index (χ1) is 7.18. The Morgan fingerprint density at radius 2 is 2.13 bits per heavy atom. The number of aromatic nitrogens is 1. The van der Waals surface area contributed by atoms with Crippen molar-refractivity contribution in [2.75, 3.05) is 0 Å². The van der Waals surface area contributed by atoms with E-state index in [9.17, 15) is 4.79 Å². The van der Waals surface area contributed by atoms with E-state index >= 15 is 0 Å². The van der Waals surface area contributed by atoms with E-state index in [-0.39, 0.29) is 5.78 Å². The molecule has 3 rings (SSSR count). The van der Waals surface area contributed by atoms with Gasteiger partial charge in [-0.2, -0.15) is 0 Å². The molecular weight excluding hydrogens is 254 g/mol. The van der Waals surface area contributed by atoms with E-state index in [0.29, 0.717) is 6.42 Å². The van der Waals surface area contributed by atoms with E-state index < -0.39 is 0 Å². The molecule has 2 nitrogen and oxygen atoms in total. The molecule has 0 amide bonds. The average molecular weight is 264 g/mol. The third-order valence-electron chi connectivity index (χ3n) is 3.13. The largest absolute Gasteiger partial charge is 0.341 e. The predicted molar refractivity (Wildman–Crippen MR) is 63.3 cm³/mol. The van der Waals surface area contributed by atoms with Gasteiger partial charge >= 0.3 is 0 Å². The molecule has 76 valence electrons. The van der Waals surface area contributed by atoms with Crippen LogP contribution in [0.5, 0.6) is 0 Å². The minimum Gasteiger partial charge on any atom is -0.341 e. The minimum absolute atomic E-state index is 0.278. The van der Waals surface area contributed by atoms with Crippen LogP contribution in [0.15, 0.2) is 22.7 Å². The predicted octanol–water partition coefficient (Wildman–Crippen LogP) is 3.07. The molecule has 0 atom stereocenters. The normalized spacial score (nSPS) is 14.9. The Morgan fingerprint density at radius 1 is 1.33 bits per heavy atom. The van der Waals surface area contributed by atoms with E-state index in [1.54, 1.807) is 0 Å². The first-order valence-corrected chi connectivity index (χ1v) is 5.78.